The van der Waals surface area contributed by atoms with Crippen LogP contribution in [0, 0.1) is 3.57 Å². The number of benzene rings is 3. The van der Waals surface area contributed by atoms with Crippen molar-refractivity contribution in [1.82, 2.24) is 0 Å². The van der Waals surface area contributed by atoms with Crippen LogP contribution in [0.2, 0.25) is 0 Å². The molecule has 0 bridgehead atoms. The second kappa shape index (κ2) is 5.82. The second-order valence-electron chi connectivity index (χ2n) is 7.86. The van der Waals surface area contributed by atoms with Gasteiger partial charge in [-0.25, -0.2) is 0 Å². The second-order valence-corrected chi connectivity index (χ2v) is 9.02. The van der Waals surface area contributed by atoms with Gasteiger partial charge in [0.25, 0.3) is 0 Å². The zero-order valence-corrected chi connectivity index (χ0v) is 17.3. The topological polar surface area (TPSA) is 0 Å². The maximum atomic E-state index is 2.46. The van der Waals surface area contributed by atoms with E-state index in [2.05, 4.69) is 103 Å². The Morgan fingerprint density at radius 2 is 1.62 bits per heavy atom. The van der Waals surface area contributed by atoms with Gasteiger partial charge < -0.3 is 0 Å². The molecule has 0 saturated carbocycles. The number of allylic oxidation sites excluding steroid dienone is 1. The standard InChI is InChI=1S/C25H21I/c1-25(2)22-10-6-5-8-19(22)20-12-11-16(15-23(20)25)17-13-14-24(26)21-9-4-3-7-18(17)21/h4-6,8-15H,3,7H2,1-2H3. The van der Waals surface area contributed by atoms with Crippen LogP contribution in [-0.4, -0.2) is 0 Å². The lowest BCUT2D eigenvalue weighted by Crippen LogP contribution is -2.15. The summed E-state index contributed by atoms with van der Waals surface area (Å²) in [7, 11) is 0. The van der Waals surface area contributed by atoms with E-state index in [-0.39, 0.29) is 5.41 Å². The lowest BCUT2D eigenvalue weighted by molar-refractivity contribution is 0.660. The van der Waals surface area contributed by atoms with Crippen LogP contribution >= 0.6 is 22.6 Å². The van der Waals surface area contributed by atoms with Crippen LogP contribution in [0.5, 0.6) is 0 Å². The first-order chi connectivity index (χ1) is 12.6. The average molecular weight is 448 g/mol. The highest BCUT2D eigenvalue weighted by Gasteiger charge is 2.35. The van der Waals surface area contributed by atoms with Crippen molar-refractivity contribution in [3.63, 3.8) is 0 Å². The number of rotatable bonds is 1. The van der Waals surface area contributed by atoms with Crippen LogP contribution in [-0.2, 0) is 11.8 Å². The number of halogens is 1. The molecule has 0 atom stereocenters. The van der Waals surface area contributed by atoms with Gasteiger partial charge >= 0.3 is 0 Å². The molecule has 3 aromatic rings. The van der Waals surface area contributed by atoms with Crippen molar-refractivity contribution >= 4 is 28.7 Å². The van der Waals surface area contributed by atoms with Crippen molar-refractivity contribution in [2.75, 3.05) is 0 Å². The van der Waals surface area contributed by atoms with Crippen molar-refractivity contribution in [3.05, 3.63) is 86.5 Å². The fourth-order valence-electron chi connectivity index (χ4n) is 4.66. The van der Waals surface area contributed by atoms with Gasteiger partial charge in [0.2, 0.25) is 0 Å². The highest BCUT2D eigenvalue weighted by atomic mass is 127. The van der Waals surface area contributed by atoms with E-state index in [9.17, 15) is 0 Å². The molecule has 0 nitrogen and oxygen atoms in total. The Morgan fingerprint density at radius 3 is 2.50 bits per heavy atom. The van der Waals surface area contributed by atoms with Crippen molar-refractivity contribution in [2.45, 2.75) is 32.1 Å². The van der Waals surface area contributed by atoms with E-state index in [1.807, 2.05) is 0 Å². The molecule has 128 valence electrons. The maximum Gasteiger partial charge on any atom is 0.0205 e. The van der Waals surface area contributed by atoms with Crippen molar-refractivity contribution < 1.29 is 0 Å². The molecule has 0 amide bonds. The number of fused-ring (bicyclic) bond motifs is 4. The Hall–Kier alpha value is -1.87. The Kier molecular flexibility index (Phi) is 3.65. The molecular weight excluding hydrogens is 427 g/mol. The minimum atomic E-state index is 0.0606. The molecule has 2 aliphatic carbocycles. The van der Waals surface area contributed by atoms with Crippen LogP contribution in [0.4, 0.5) is 0 Å². The fraction of sp³-hybridized carbons (Fsp3) is 0.200. The normalized spacial score (nSPS) is 16.1. The van der Waals surface area contributed by atoms with Crippen molar-refractivity contribution in [3.8, 4) is 22.3 Å². The average Bonchev–Trinajstić information content (AvgIpc) is 2.90. The quantitative estimate of drug-likeness (QED) is 0.345. The number of hydrogen-bond donors (Lipinski definition) is 0. The minimum absolute atomic E-state index is 0.0606. The summed E-state index contributed by atoms with van der Waals surface area (Å²) in [6.07, 6.45) is 6.88. The van der Waals surface area contributed by atoms with Gasteiger partial charge in [-0.15, -0.1) is 0 Å². The van der Waals surface area contributed by atoms with E-state index < -0.39 is 0 Å². The molecule has 0 radical (unpaired) electrons. The molecule has 26 heavy (non-hydrogen) atoms. The van der Waals surface area contributed by atoms with Crippen LogP contribution in [0.3, 0.4) is 0 Å². The zero-order chi connectivity index (χ0) is 17.9. The predicted octanol–water partition coefficient (Wildman–Crippen LogP) is 7.22. The third-order valence-electron chi connectivity index (χ3n) is 6.04. The van der Waals surface area contributed by atoms with Gasteiger partial charge in [0.05, 0.1) is 0 Å². The monoisotopic (exact) mass is 448 g/mol. The van der Waals surface area contributed by atoms with Gasteiger partial charge in [-0.05, 0) is 92.1 Å². The molecule has 3 aromatic carbocycles. The van der Waals surface area contributed by atoms with Gasteiger partial charge in [-0.3, -0.25) is 0 Å². The zero-order valence-electron chi connectivity index (χ0n) is 15.1. The van der Waals surface area contributed by atoms with E-state index in [4.69, 9.17) is 0 Å². The molecule has 0 aromatic heterocycles. The largest absolute Gasteiger partial charge is 0.0836 e. The molecule has 0 spiro atoms. The summed E-state index contributed by atoms with van der Waals surface area (Å²) in [4.78, 5) is 0. The molecule has 0 fully saturated rings. The summed E-state index contributed by atoms with van der Waals surface area (Å²) in [5.41, 5.74) is 11.4. The fourth-order valence-corrected chi connectivity index (χ4v) is 5.34. The lowest BCUT2D eigenvalue weighted by Gasteiger charge is -2.23. The molecular formula is C25H21I. The Labute approximate surface area is 169 Å². The van der Waals surface area contributed by atoms with E-state index in [0.717, 1.165) is 12.8 Å². The summed E-state index contributed by atoms with van der Waals surface area (Å²) in [6, 6.07) is 20.5. The highest BCUT2D eigenvalue weighted by molar-refractivity contribution is 14.1. The molecule has 0 heterocycles. The van der Waals surface area contributed by atoms with Crippen LogP contribution < -0.4 is 0 Å². The summed E-state index contributed by atoms with van der Waals surface area (Å²) in [6.45, 7) is 4.71. The third-order valence-corrected chi connectivity index (χ3v) is 6.98. The predicted molar refractivity (Wildman–Crippen MR) is 120 cm³/mol. The van der Waals surface area contributed by atoms with Crippen molar-refractivity contribution in [2.24, 2.45) is 0 Å². The smallest absolute Gasteiger partial charge is 0.0205 e. The van der Waals surface area contributed by atoms with E-state index in [0.29, 0.717) is 0 Å². The van der Waals surface area contributed by atoms with Crippen LogP contribution in [0.25, 0.3) is 28.3 Å². The maximum absolute atomic E-state index is 2.46. The van der Waals surface area contributed by atoms with E-state index in [1.54, 1.807) is 0 Å². The van der Waals surface area contributed by atoms with Crippen molar-refractivity contribution in [1.29, 1.82) is 0 Å². The molecule has 0 saturated heterocycles. The van der Waals surface area contributed by atoms with E-state index >= 15 is 0 Å². The van der Waals surface area contributed by atoms with Gasteiger partial charge in [0.15, 0.2) is 0 Å². The van der Waals surface area contributed by atoms with Gasteiger partial charge in [0, 0.05) is 8.99 Å². The van der Waals surface area contributed by atoms with Crippen LogP contribution in [0.15, 0.2) is 60.7 Å². The van der Waals surface area contributed by atoms with Crippen LogP contribution in [0.1, 0.15) is 42.5 Å². The summed E-state index contributed by atoms with van der Waals surface area (Å²) < 4.78 is 1.35. The molecule has 0 aliphatic heterocycles. The van der Waals surface area contributed by atoms with Gasteiger partial charge in [-0.2, -0.15) is 0 Å². The first kappa shape index (κ1) is 16.3. The van der Waals surface area contributed by atoms with Gasteiger partial charge in [0.1, 0.15) is 0 Å². The SMILES string of the molecule is CC1(C)c2ccccc2-c2ccc(-c3ccc(I)c4c3CCC=C4)cc21. The Morgan fingerprint density at radius 1 is 0.846 bits per heavy atom. The first-order valence-corrected chi connectivity index (χ1v) is 10.4. The molecule has 0 unspecified atom stereocenters. The molecule has 1 heteroatoms. The molecule has 0 N–H and O–H groups in total. The summed E-state index contributed by atoms with van der Waals surface area (Å²) >= 11 is 2.46. The molecule has 5 rings (SSSR count). The Bertz CT molecular complexity index is 1070. The lowest BCUT2D eigenvalue weighted by atomic mass is 9.81. The first-order valence-electron chi connectivity index (χ1n) is 9.30. The van der Waals surface area contributed by atoms with E-state index in [1.165, 1.54) is 48.1 Å². The molecule has 2 aliphatic rings. The Balaban J connectivity index is 1.72. The highest BCUT2D eigenvalue weighted by Crippen LogP contribution is 2.49. The third kappa shape index (κ3) is 2.26. The summed E-state index contributed by atoms with van der Waals surface area (Å²) in [5, 5.41) is 0. The number of hydrogen-bond acceptors (Lipinski definition) is 0. The van der Waals surface area contributed by atoms with Gasteiger partial charge in [-0.1, -0.05) is 68.5 Å². The summed E-state index contributed by atoms with van der Waals surface area (Å²) in [5.74, 6) is 0. The minimum Gasteiger partial charge on any atom is -0.0836 e.